The maximum absolute atomic E-state index is 12.9. The Balaban J connectivity index is 1.31. The van der Waals surface area contributed by atoms with Gasteiger partial charge in [-0.3, -0.25) is 9.36 Å². The number of amides is 1. The lowest BCUT2D eigenvalue weighted by atomic mass is 10.1. The molecule has 1 amide bonds. The summed E-state index contributed by atoms with van der Waals surface area (Å²) >= 11 is 1.34. The molecular formula is C26H24N4O3S. The molecule has 2 heterocycles. The van der Waals surface area contributed by atoms with Crippen LogP contribution in [-0.4, -0.2) is 32.5 Å². The molecule has 2 atom stereocenters. The SMILES string of the molecule is C=CCn1c(SC(C)C(=O)Nc2ccc3ccccc3c2)nnc1C1COc2ccccc2O1. The number of ether oxygens (including phenoxy) is 2. The number of nitrogens with one attached hydrogen (secondary N) is 1. The van der Waals surface area contributed by atoms with E-state index in [0.717, 1.165) is 16.5 Å². The minimum Gasteiger partial charge on any atom is -0.485 e. The molecule has 1 aromatic heterocycles. The maximum Gasteiger partial charge on any atom is 0.237 e. The van der Waals surface area contributed by atoms with E-state index in [1.54, 1.807) is 6.08 Å². The summed E-state index contributed by atoms with van der Waals surface area (Å²) in [5.41, 5.74) is 0.760. The number of anilines is 1. The quantitative estimate of drug-likeness (QED) is 0.292. The number of thioether (sulfide) groups is 1. The molecule has 0 fully saturated rings. The predicted octanol–water partition coefficient (Wildman–Crippen LogP) is 5.25. The smallest absolute Gasteiger partial charge is 0.237 e. The Morgan fingerprint density at radius 3 is 2.74 bits per heavy atom. The summed E-state index contributed by atoms with van der Waals surface area (Å²) in [6.45, 7) is 6.53. The van der Waals surface area contributed by atoms with Gasteiger partial charge in [-0.2, -0.15) is 0 Å². The van der Waals surface area contributed by atoms with Gasteiger partial charge in [-0.1, -0.05) is 60.3 Å². The zero-order chi connectivity index (χ0) is 23.5. The van der Waals surface area contributed by atoms with Crippen molar-refractivity contribution in [3.05, 3.63) is 85.2 Å². The molecule has 2 unspecified atom stereocenters. The highest BCUT2D eigenvalue weighted by molar-refractivity contribution is 8.00. The molecule has 0 radical (unpaired) electrons. The molecule has 7 nitrogen and oxygen atoms in total. The van der Waals surface area contributed by atoms with Crippen molar-refractivity contribution in [3.63, 3.8) is 0 Å². The van der Waals surface area contributed by atoms with Gasteiger partial charge in [0.1, 0.15) is 6.61 Å². The van der Waals surface area contributed by atoms with Crippen LogP contribution in [0.15, 0.2) is 84.5 Å². The van der Waals surface area contributed by atoms with Gasteiger partial charge >= 0.3 is 0 Å². The number of hydrogen-bond donors (Lipinski definition) is 1. The van der Waals surface area contributed by atoms with E-state index in [1.165, 1.54) is 11.8 Å². The average Bonchev–Trinajstić information content (AvgIpc) is 3.25. The zero-order valence-electron chi connectivity index (χ0n) is 18.7. The topological polar surface area (TPSA) is 78.3 Å². The van der Waals surface area contributed by atoms with Crippen molar-refractivity contribution in [3.8, 4) is 11.5 Å². The summed E-state index contributed by atoms with van der Waals surface area (Å²) in [4.78, 5) is 12.9. The Hall–Kier alpha value is -3.78. The van der Waals surface area contributed by atoms with Gasteiger partial charge in [-0.15, -0.1) is 16.8 Å². The van der Waals surface area contributed by atoms with Gasteiger partial charge in [0.25, 0.3) is 0 Å². The summed E-state index contributed by atoms with van der Waals surface area (Å²) in [5.74, 6) is 1.91. The van der Waals surface area contributed by atoms with Gasteiger partial charge in [0, 0.05) is 12.2 Å². The van der Waals surface area contributed by atoms with Crippen LogP contribution in [0.4, 0.5) is 5.69 Å². The summed E-state index contributed by atoms with van der Waals surface area (Å²) in [6, 6.07) is 21.5. The van der Waals surface area contributed by atoms with Crippen LogP contribution >= 0.6 is 11.8 Å². The van der Waals surface area contributed by atoms with Crippen molar-refractivity contribution >= 4 is 34.1 Å². The summed E-state index contributed by atoms with van der Waals surface area (Å²) in [7, 11) is 0. The third-order valence-corrected chi connectivity index (χ3v) is 6.60. The summed E-state index contributed by atoms with van der Waals surface area (Å²) in [5, 5.41) is 14.2. The first-order chi connectivity index (χ1) is 16.6. The second-order valence-electron chi connectivity index (χ2n) is 7.92. The van der Waals surface area contributed by atoms with Crippen molar-refractivity contribution < 1.29 is 14.3 Å². The first-order valence-corrected chi connectivity index (χ1v) is 11.9. The normalized spacial score (nSPS) is 15.6. The molecule has 34 heavy (non-hydrogen) atoms. The number of carbonyl (C=O) groups excluding carboxylic acids is 1. The van der Waals surface area contributed by atoms with Gasteiger partial charge < -0.3 is 14.8 Å². The van der Waals surface area contributed by atoms with E-state index >= 15 is 0 Å². The van der Waals surface area contributed by atoms with Crippen LogP contribution < -0.4 is 14.8 Å². The van der Waals surface area contributed by atoms with Crippen molar-refractivity contribution in [2.45, 2.75) is 30.0 Å². The van der Waals surface area contributed by atoms with Crippen molar-refractivity contribution in [2.24, 2.45) is 0 Å². The standard InChI is InChI=1S/C26H24N4O3S/c1-3-14-30-24(23-16-32-21-10-6-7-11-22(21)33-23)28-29-26(30)34-17(2)25(31)27-20-13-12-18-8-4-5-9-19(18)15-20/h3-13,15,17,23H,1,14,16H2,2H3,(H,27,31). The van der Waals surface area contributed by atoms with Crippen LogP contribution in [0, 0.1) is 0 Å². The second kappa shape index (κ2) is 9.61. The fraction of sp³-hybridized carbons (Fsp3) is 0.192. The lowest BCUT2D eigenvalue weighted by molar-refractivity contribution is -0.115. The fourth-order valence-electron chi connectivity index (χ4n) is 3.80. The molecule has 1 N–H and O–H groups in total. The Labute approximate surface area is 201 Å². The van der Waals surface area contributed by atoms with Crippen LogP contribution in [0.25, 0.3) is 10.8 Å². The molecule has 0 saturated carbocycles. The highest BCUT2D eigenvalue weighted by Gasteiger charge is 2.29. The molecule has 0 aliphatic carbocycles. The van der Waals surface area contributed by atoms with Crippen LogP contribution in [0.5, 0.6) is 11.5 Å². The Morgan fingerprint density at radius 2 is 1.91 bits per heavy atom. The molecular weight excluding hydrogens is 448 g/mol. The molecule has 1 aliphatic heterocycles. The van der Waals surface area contributed by atoms with Crippen LogP contribution in [0.3, 0.4) is 0 Å². The lowest BCUT2D eigenvalue weighted by Crippen LogP contribution is -2.25. The molecule has 0 spiro atoms. The number of fused-ring (bicyclic) bond motifs is 2. The molecule has 4 aromatic rings. The number of allylic oxidation sites excluding steroid dienone is 1. The number of rotatable bonds is 7. The summed E-state index contributed by atoms with van der Waals surface area (Å²) in [6.07, 6.45) is 1.37. The minimum atomic E-state index is -0.404. The third-order valence-electron chi connectivity index (χ3n) is 5.52. The molecule has 172 valence electrons. The maximum atomic E-state index is 12.9. The second-order valence-corrected chi connectivity index (χ2v) is 9.22. The third kappa shape index (κ3) is 4.49. The van der Waals surface area contributed by atoms with Crippen molar-refractivity contribution in [2.75, 3.05) is 11.9 Å². The van der Waals surface area contributed by atoms with Gasteiger partial charge in [0.05, 0.1) is 5.25 Å². The molecule has 0 bridgehead atoms. The van der Waals surface area contributed by atoms with E-state index < -0.39 is 11.4 Å². The highest BCUT2D eigenvalue weighted by Crippen LogP contribution is 2.36. The monoisotopic (exact) mass is 472 g/mol. The summed E-state index contributed by atoms with van der Waals surface area (Å²) < 4.78 is 13.9. The van der Waals surface area contributed by atoms with Crippen molar-refractivity contribution in [1.82, 2.24) is 14.8 Å². The number of carbonyl (C=O) groups is 1. The zero-order valence-corrected chi connectivity index (χ0v) is 19.5. The molecule has 8 heteroatoms. The van der Waals surface area contributed by atoms with E-state index in [4.69, 9.17) is 9.47 Å². The van der Waals surface area contributed by atoms with Crippen molar-refractivity contribution in [1.29, 1.82) is 0 Å². The predicted molar refractivity (Wildman–Crippen MR) is 133 cm³/mol. The fourth-order valence-corrected chi connectivity index (χ4v) is 4.66. The minimum absolute atomic E-state index is 0.110. The first-order valence-electron chi connectivity index (χ1n) is 11.0. The molecule has 5 rings (SSSR count). The van der Waals surface area contributed by atoms with Crippen LogP contribution in [0.1, 0.15) is 18.9 Å². The van der Waals surface area contributed by atoms with E-state index in [0.29, 0.717) is 35.6 Å². The van der Waals surface area contributed by atoms with Gasteiger partial charge in [0.15, 0.2) is 28.6 Å². The van der Waals surface area contributed by atoms with E-state index in [1.807, 2.05) is 78.2 Å². The van der Waals surface area contributed by atoms with Gasteiger partial charge in [-0.05, 0) is 42.0 Å². The molecule has 3 aromatic carbocycles. The number of nitrogens with zero attached hydrogens (tertiary/aromatic N) is 3. The Kier molecular flexibility index (Phi) is 6.22. The number of hydrogen-bond acceptors (Lipinski definition) is 6. The Morgan fingerprint density at radius 1 is 1.15 bits per heavy atom. The van der Waals surface area contributed by atoms with Crippen LogP contribution in [-0.2, 0) is 11.3 Å². The number of benzene rings is 3. The van der Waals surface area contributed by atoms with Gasteiger partial charge in [0.2, 0.25) is 5.91 Å². The van der Waals surface area contributed by atoms with E-state index in [2.05, 4.69) is 22.1 Å². The molecule has 1 aliphatic rings. The highest BCUT2D eigenvalue weighted by atomic mass is 32.2. The number of aromatic nitrogens is 3. The molecule has 0 saturated heterocycles. The average molecular weight is 473 g/mol. The van der Waals surface area contributed by atoms with E-state index in [9.17, 15) is 4.79 Å². The first kappa shape index (κ1) is 22.0. The lowest BCUT2D eigenvalue weighted by Gasteiger charge is -2.26. The van der Waals surface area contributed by atoms with Crippen LogP contribution in [0.2, 0.25) is 0 Å². The van der Waals surface area contributed by atoms with Gasteiger partial charge in [-0.25, -0.2) is 0 Å². The largest absolute Gasteiger partial charge is 0.485 e. The van der Waals surface area contributed by atoms with E-state index in [-0.39, 0.29) is 5.91 Å². The number of para-hydroxylation sites is 2. The Bertz CT molecular complexity index is 1350.